The van der Waals surface area contributed by atoms with Crippen molar-refractivity contribution >= 4 is 12.4 Å². The first-order chi connectivity index (χ1) is 10.6. The van der Waals surface area contributed by atoms with Crippen molar-refractivity contribution in [2.75, 3.05) is 13.2 Å². The average molecular weight is 311 g/mol. The van der Waals surface area contributed by atoms with Gasteiger partial charge in [-0.1, -0.05) is 12.1 Å². The van der Waals surface area contributed by atoms with E-state index in [0.717, 1.165) is 5.56 Å². The van der Waals surface area contributed by atoms with Crippen LogP contribution in [0.2, 0.25) is 0 Å². The molecule has 0 aliphatic carbocycles. The van der Waals surface area contributed by atoms with Gasteiger partial charge < -0.3 is 14.3 Å². The maximum Gasteiger partial charge on any atom is 0.305 e. The fourth-order valence-corrected chi connectivity index (χ4v) is 1.66. The molecule has 0 N–H and O–H groups in total. The molecule has 0 aromatic heterocycles. The van der Waals surface area contributed by atoms with E-state index >= 15 is 0 Å². The number of ether oxygens (including phenoxy) is 2. The smallest absolute Gasteiger partial charge is 0.305 e. The molecule has 22 heavy (non-hydrogen) atoms. The van der Waals surface area contributed by atoms with E-state index in [1.165, 1.54) is 0 Å². The Labute approximate surface area is 127 Å². The third kappa shape index (κ3) is 7.83. The Morgan fingerprint density at radius 2 is 1.91 bits per heavy atom. The second-order valence-corrected chi connectivity index (χ2v) is 4.34. The maximum atomic E-state index is 11.4. The van der Waals surface area contributed by atoms with E-state index in [4.69, 9.17) is 4.74 Å². The van der Waals surface area contributed by atoms with E-state index in [2.05, 4.69) is 9.57 Å². The lowest BCUT2D eigenvalue weighted by molar-refractivity contribution is -0.757. The van der Waals surface area contributed by atoms with Gasteiger partial charge in [-0.2, -0.15) is 0 Å². The molecule has 0 saturated carbocycles. The first-order valence-electron chi connectivity index (χ1n) is 6.74. The van der Waals surface area contributed by atoms with Gasteiger partial charge in [0.1, 0.15) is 5.75 Å². The van der Waals surface area contributed by atoms with E-state index in [1.807, 2.05) is 0 Å². The van der Waals surface area contributed by atoms with Gasteiger partial charge in [-0.3, -0.25) is 9.59 Å². The van der Waals surface area contributed by atoms with Crippen LogP contribution in [0.15, 0.2) is 24.3 Å². The zero-order valence-electron chi connectivity index (χ0n) is 11.9. The fourth-order valence-electron chi connectivity index (χ4n) is 1.66. The molecule has 0 aliphatic rings. The van der Waals surface area contributed by atoms with Gasteiger partial charge >= 0.3 is 5.97 Å². The molecule has 120 valence electrons. The predicted molar refractivity (Wildman–Crippen MR) is 74.6 cm³/mol. The predicted octanol–water partition coefficient (Wildman–Crippen LogP) is 1.69. The molecule has 1 aromatic carbocycles. The van der Waals surface area contributed by atoms with Crippen molar-refractivity contribution < 1.29 is 29.0 Å². The first kappa shape index (κ1) is 17.4. The minimum absolute atomic E-state index is 0.0184. The Balaban J connectivity index is 2.11. The SMILES string of the molecule is O=COc1ccc(CCOC(=O)CCCCO[N+](=O)[O-])cc1. The monoisotopic (exact) mass is 311 g/mol. The minimum atomic E-state index is -0.857. The second-order valence-electron chi connectivity index (χ2n) is 4.34. The Morgan fingerprint density at radius 3 is 2.55 bits per heavy atom. The van der Waals surface area contributed by atoms with Crippen LogP contribution in [0.5, 0.6) is 5.75 Å². The number of rotatable bonds is 11. The summed E-state index contributed by atoms with van der Waals surface area (Å²) in [5.74, 6) is 0.106. The topological polar surface area (TPSA) is 105 Å². The van der Waals surface area contributed by atoms with E-state index < -0.39 is 5.09 Å². The Kier molecular flexibility index (Phi) is 8.02. The summed E-state index contributed by atoms with van der Waals surface area (Å²) in [6, 6.07) is 6.87. The lowest BCUT2D eigenvalue weighted by atomic mass is 10.1. The van der Waals surface area contributed by atoms with Crippen LogP contribution >= 0.6 is 0 Å². The van der Waals surface area contributed by atoms with E-state index in [1.54, 1.807) is 24.3 Å². The largest absolute Gasteiger partial charge is 0.465 e. The molecule has 0 fully saturated rings. The Bertz CT molecular complexity index is 486. The number of benzene rings is 1. The normalized spacial score (nSPS) is 9.82. The van der Waals surface area contributed by atoms with Gasteiger partial charge in [0.15, 0.2) is 0 Å². The molecule has 0 radical (unpaired) electrons. The van der Waals surface area contributed by atoms with Gasteiger partial charge in [-0.15, -0.1) is 10.1 Å². The molecule has 0 unspecified atom stereocenters. The minimum Gasteiger partial charge on any atom is -0.465 e. The molecule has 1 aromatic rings. The molecule has 8 heteroatoms. The van der Waals surface area contributed by atoms with Crippen molar-refractivity contribution in [2.24, 2.45) is 0 Å². The van der Waals surface area contributed by atoms with Crippen molar-refractivity contribution in [1.82, 2.24) is 0 Å². The van der Waals surface area contributed by atoms with Crippen molar-refractivity contribution in [1.29, 1.82) is 0 Å². The summed E-state index contributed by atoms with van der Waals surface area (Å²) in [6.07, 6.45) is 1.66. The molecule has 0 amide bonds. The van der Waals surface area contributed by atoms with Crippen LogP contribution in [0.25, 0.3) is 0 Å². The average Bonchev–Trinajstić information content (AvgIpc) is 2.49. The first-order valence-corrected chi connectivity index (χ1v) is 6.74. The summed E-state index contributed by atoms with van der Waals surface area (Å²) in [5.41, 5.74) is 0.949. The molecule has 1 rings (SSSR count). The van der Waals surface area contributed by atoms with Crippen LogP contribution in [-0.4, -0.2) is 30.7 Å². The zero-order chi connectivity index (χ0) is 16.2. The summed E-state index contributed by atoms with van der Waals surface area (Å²) in [6.45, 7) is 0.584. The fraction of sp³-hybridized carbons (Fsp3) is 0.429. The zero-order valence-corrected chi connectivity index (χ0v) is 11.9. The highest BCUT2D eigenvalue weighted by Crippen LogP contribution is 2.12. The Hall–Kier alpha value is -2.64. The highest BCUT2D eigenvalue weighted by molar-refractivity contribution is 5.69. The number of unbranched alkanes of at least 4 members (excludes halogenated alkanes) is 1. The number of nitrogens with zero attached hydrogens (tertiary/aromatic N) is 1. The third-order valence-corrected chi connectivity index (χ3v) is 2.73. The molecule has 0 bridgehead atoms. The van der Waals surface area contributed by atoms with Crippen LogP contribution in [0.1, 0.15) is 24.8 Å². The van der Waals surface area contributed by atoms with E-state index in [-0.39, 0.29) is 25.6 Å². The number of carbonyl (C=O) groups excluding carboxylic acids is 2. The molecule has 8 nitrogen and oxygen atoms in total. The van der Waals surface area contributed by atoms with Crippen LogP contribution in [0, 0.1) is 10.1 Å². The van der Waals surface area contributed by atoms with Gasteiger partial charge in [0, 0.05) is 12.8 Å². The van der Waals surface area contributed by atoms with E-state index in [0.29, 0.717) is 31.5 Å². The molecule has 0 spiro atoms. The highest BCUT2D eigenvalue weighted by Gasteiger charge is 2.04. The summed E-state index contributed by atoms with van der Waals surface area (Å²) < 4.78 is 9.71. The number of hydrogen-bond acceptors (Lipinski definition) is 7. The Morgan fingerprint density at radius 1 is 1.18 bits per heavy atom. The van der Waals surface area contributed by atoms with E-state index in [9.17, 15) is 19.7 Å². The number of hydrogen-bond donors (Lipinski definition) is 0. The summed E-state index contributed by atoms with van der Waals surface area (Å²) >= 11 is 0. The summed E-state index contributed by atoms with van der Waals surface area (Å²) in [7, 11) is 0. The quantitative estimate of drug-likeness (QED) is 0.201. The molecule has 0 heterocycles. The van der Waals surface area contributed by atoms with Gasteiger partial charge in [-0.25, -0.2) is 0 Å². The van der Waals surface area contributed by atoms with Crippen molar-refractivity contribution in [2.45, 2.75) is 25.7 Å². The lowest BCUT2D eigenvalue weighted by Crippen LogP contribution is -2.08. The van der Waals surface area contributed by atoms with Gasteiger partial charge in [0.25, 0.3) is 11.6 Å². The highest BCUT2D eigenvalue weighted by atomic mass is 16.9. The molecular formula is C14H17NO7. The van der Waals surface area contributed by atoms with Gasteiger partial charge in [0.2, 0.25) is 0 Å². The van der Waals surface area contributed by atoms with Crippen LogP contribution in [-0.2, 0) is 25.6 Å². The number of carbonyl (C=O) groups is 2. The van der Waals surface area contributed by atoms with Crippen LogP contribution < -0.4 is 4.74 Å². The third-order valence-electron chi connectivity index (χ3n) is 2.73. The standard InChI is InChI=1S/C14H17NO7/c16-11-21-13-6-4-12(5-7-13)8-10-20-14(17)3-1-2-9-22-15(18)19/h4-7,11H,1-3,8-10H2. The maximum absolute atomic E-state index is 11.4. The van der Waals surface area contributed by atoms with Gasteiger partial charge in [-0.05, 0) is 30.5 Å². The van der Waals surface area contributed by atoms with Crippen LogP contribution in [0.3, 0.4) is 0 Å². The molecule has 0 atom stereocenters. The molecule has 0 aliphatic heterocycles. The lowest BCUT2D eigenvalue weighted by Gasteiger charge is -2.05. The second kappa shape index (κ2) is 10.1. The number of esters is 1. The summed E-state index contributed by atoms with van der Waals surface area (Å²) in [4.78, 5) is 35.6. The summed E-state index contributed by atoms with van der Waals surface area (Å²) in [5, 5.41) is 9.04. The van der Waals surface area contributed by atoms with Crippen molar-refractivity contribution in [3.63, 3.8) is 0 Å². The molecular weight excluding hydrogens is 294 g/mol. The van der Waals surface area contributed by atoms with Gasteiger partial charge in [0.05, 0.1) is 13.2 Å². The van der Waals surface area contributed by atoms with Crippen molar-refractivity contribution in [3.05, 3.63) is 39.9 Å². The molecule has 0 saturated heterocycles. The van der Waals surface area contributed by atoms with Crippen molar-refractivity contribution in [3.8, 4) is 5.75 Å². The van der Waals surface area contributed by atoms with Crippen LogP contribution in [0.4, 0.5) is 0 Å².